The molecule has 0 saturated carbocycles. The molecule has 0 amide bonds. The molecule has 0 fully saturated rings. The molecule has 0 aliphatic rings. The van der Waals surface area contributed by atoms with E-state index in [9.17, 15) is 4.57 Å². The lowest BCUT2D eigenvalue weighted by molar-refractivity contribution is 0.371. The Labute approximate surface area is 76.6 Å². The van der Waals surface area contributed by atoms with Gasteiger partial charge in [0.1, 0.15) is 0 Å². The molecule has 0 spiro atoms. The smallest absolute Gasteiger partial charge is 0.326 e. The van der Waals surface area contributed by atoms with Crippen molar-refractivity contribution in [3.8, 4) is 0 Å². The van der Waals surface area contributed by atoms with Crippen LogP contribution in [-0.2, 0) is 17.3 Å². The molecule has 1 aromatic rings. The monoisotopic (exact) mass is 201 g/mol. The first-order valence-electron chi connectivity index (χ1n) is 3.84. The zero-order valence-corrected chi connectivity index (χ0v) is 7.95. The van der Waals surface area contributed by atoms with Gasteiger partial charge in [-0.15, -0.1) is 0 Å². The van der Waals surface area contributed by atoms with E-state index in [1.165, 1.54) is 0 Å². The number of nitrogens with two attached hydrogens (primary N) is 1. The van der Waals surface area contributed by atoms with E-state index in [0.29, 0.717) is 12.1 Å². The second kappa shape index (κ2) is 4.03. The second-order valence-electron chi connectivity index (χ2n) is 2.84. The van der Waals surface area contributed by atoms with E-state index in [-0.39, 0.29) is 6.16 Å². The Morgan fingerprint density at radius 1 is 1.15 bits per heavy atom. The molecule has 1 aromatic carbocycles. The summed E-state index contributed by atoms with van der Waals surface area (Å²) in [4.78, 5) is 17.4. The Morgan fingerprint density at radius 3 is 2.00 bits per heavy atom. The van der Waals surface area contributed by atoms with Crippen molar-refractivity contribution in [2.75, 3.05) is 0 Å². The van der Waals surface area contributed by atoms with E-state index in [2.05, 4.69) is 0 Å². The minimum absolute atomic E-state index is 0.210. The van der Waals surface area contributed by atoms with Gasteiger partial charge in [-0.3, -0.25) is 4.57 Å². The fraction of sp³-hybridized carbons (Fsp3) is 0.250. The van der Waals surface area contributed by atoms with Crippen LogP contribution < -0.4 is 5.73 Å². The maximum Gasteiger partial charge on any atom is 0.329 e. The van der Waals surface area contributed by atoms with E-state index in [1.807, 2.05) is 0 Å². The summed E-state index contributed by atoms with van der Waals surface area (Å²) in [6, 6.07) is 6.90. The first-order chi connectivity index (χ1) is 6.01. The standard InChI is InChI=1S/C8H12NO3P/c9-5-7-1-3-8(4-2-7)6-13(10,11)12/h1-4H,5-6,9H2,(H2,10,11,12). The molecule has 0 aromatic heterocycles. The zero-order valence-electron chi connectivity index (χ0n) is 7.05. The summed E-state index contributed by atoms with van der Waals surface area (Å²) in [5.74, 6) is 0. The highest BCUT2D eigenvalue weighted by atomic mass is 31.2. The highest BCUT2D eigenvalue weighted by molar-refractivity contribution is 7.50. The molecule has 0 aliphatic heterocycles. The van der Waals surface area contributed by atoms with Gasteiger partial charge in [-0.2, -0.15) is 0 Å². The van der Waals surface area contributed by atoms with Crippen LogP contribution in [0.15, 0.2) is 24.3 Å². The van der Waals surface area contributed by atoms with Crippen LogP contribution in [0, 0.1) is 0 Å². The minimum Gasteiger partial charge on any atom is -0.326 e. The van der Waals surface area contributed by atoms with Crippen molar-refractivity contribution in [1.29, 1.82) is 0 Å². The Morgan fingerprint density at radius 2 is 1.62 bits per heavy atom. The molecule has 13 heavy (non-hydrogen) atoms. The Hall–Kier alpha value is -0.670. The van der Waals surface area contributed by atoms with E-state index < -0.39 is 7.60 Å². The van der Waals surface area contributed by atoms with Crippen LogP contribution in [0.1, 0.15) is 11.1 Å². The number of benzene rings is 1. The van der Waals surface area contributed by atoms with Crippen molar-refractivity contribution in [3.05, 3.63) is 35.4 Å². The van der Waals surface area contributed by atoms with E-state index in [4.69, 9.17) is 15.5 Å². The predicted octanol–water partition coefficient (Wildman–Crippen LogP) is 0.823. The topological polar surface area (TPSA) is 83.6 Å². The van der Waals surface area contributed by atoms with Crippen LogP contribution in [0.4, 0.5) is 0 Å². The van der Waals surface area contributed by atoms with Gasteiger partial charge in [0.15, 0.2) is 0 Å². The number of hydrogen-bond donors (Lipinski definition) is 3. The molecular formula is C8H12NO3P. The molecule has 0 bridgehead atoms. The first-order valence-corrected chi connectivity index (χ1v) is 5.63. The summed E-state index contributed by atoms with van der Waals surface area (Å²) in [6.45, 7) is 0.441. The van der Waals surface area contributed by atoms with Crippen LogP contribution in [0.2, 0.25) is 0 Å². The van der Waals surface area contributed by atoms with Gasteiger partial charge < -0.3 is 15.5 Å². The zero-order chi connectivity index (χ0) is 9.90. The summed E-state index contributed by atoms with van der Waals surface area (Å²) in [7, 11) is -3.94. The number of hydrogen-bond acceptors (Lipinski definition) is 2. The molecule has 0 atom stereocenters. The normalized spacial score (nSPS) is 11.6. The summed E-state index contributed by atoms with van der Waals surface area (Å²) >= 11 is 0. The predicted molar refractivity (Wildman–Crippen MR) is 50.1 cm³/mol. The van der Waals surface area contributed by atoms with Crippen molar-refractivity contribution in [3.63, 3.8) is 0 Å². The summed E-state index contributed by atoms with van der Waals surface area (Å²) < 4.78 is 10.6. The van der Waals surface area contributed by atoms with Gasteiger partial charge in [-0.05, 0) is 11.1 Å². The molecule has 4 nitrogen and oxygen atoms in total. The van der Waals surface area contributed by atoms with E-state index in [0.717, 1.165) is 5.56 Å². The largest absolute Gasteiger partial charge is 0.329 e. The molecular weight excluding hydrogens is 189 g/mol. The number of rotatable bonds is 3. The third-order valence-corrected chi connectivity index (χ3v) is 2.42. The highest BCUT2D eigenvalue weighted by Crippen LogP contribution is 2.38. The third kappa shape index (κ3) is 3.70. The summed E-state index contributed by atoms with van der Waals surface area (Å²) in [5, 5.41) is 0. The Kier molecular flexibility index (Phi) is 3.22. The summed E-state index contributed by atoms with van der Waals surface area (Å²) in [6.07, 6.45) is -0.210. The van der Waals surface area contributed by atoms with Crippen molar-refractivity contribution >= 4 is 7.60 Å². The molecule has 0 heterocycles. The van der Waals surface area contributed by atoms with Crippen LogP contribution in [0.25, 0.3) is 0 Å². The highest BCUT2D eigenvalue weighted by Gasteiger charge is 2.13. The van der Waals surface area contributed by atoms with Crippen molar-refractivity contribution in [2.45, 2.75) is 12.7 Å². The van der Waals surface area contributed by atoms with Gasteiger partial charge >= 0.3 is 7.60 Å². The lowest BCUT2D eigenvalue weighted by Gasteiger charge is -2.04. The molecule has 0 unspecified atom stereocenters. The second-order valence-corrected chi connectivity index (χ2v) is 4.49. The van der Waals surface area contributed by atoms with E-state index >= 15 is 0 Å². The molecule has 0 saturated heterocycles. The quantitative estimate of drug-likeness (QED) is 0.632. The molecule has 1 rings (SSSR count). The minimum atomic E-state index is -3.94. The third-order valence-electron chi connectivity index (χ3n) is 1.65. The fourth-order valence-corrected chi connectivity index (χ4v) is 1.71. The maximum atomic E-state index is 10.6. The van der Waals surface area contributed by atoms with Crippen LogP contribution in [0.5, 0.6) is 0 Å². The van der Waals surface area contributed by atoms with Gasteiger partial charge in [0.25, 0.3) is 0 Å². The average molecular weight is 201 g/mol. The van der Waals surface area contributed by atoms with Crippen LogP contribution in [-0.4, -0.2) is 9.79 Å². The van der Waals surface area contributed by atoms with Crippen LogP contribution in [0.3, 0.4) is 0 Å². The molecule has 5 heteroatoms. The Balaban J connectivity index is 2.76. The van der Waals surface area contributed by atoms with Gasteiger partial charge in [-0.1, -0.05) is 24.3 Å². The average Bonchev–Trinajstić information content (AvgIpc) is 2.03. The first kappa shape index (κ1) is 10.4. The fourth-order valence-electron chi connectivity index (χ4n) is 1.02. The summed E-state index contributed by atoms with van der Waals surface area (Å²) in [5.41, 5.74) is 6.96. The van der Waals surface area contributed by atoms with Gasteiger partial charge in [0, 0.05) is 6.54 Å². The Bertz CT molecular complexity index is 317. The lowest BCUT2D eigenvalue weighted by Crippen LogP contribution is -1.96. The van der Waals surface area contributed by atoms with E-state index in [1.54, 1.807) is 24.3 Å². The van der Waals surface area contributed by atoms with Gasteiger partial charge in [-0.25, -0.2) is 0 Å². The van der Waals surface area contributed by atoms with Crippen molar-refractivity contribution in [1.82, 2.24) is 0 Å². The molecule has 72 valence electrons. The molecule has 4 N–H and O–H groups in total. The van der Waals surface area contributed by atoms with Crippen molar-refractivity contribution < 1.29 is 14.4 Å². The van der Waals surface area contributed by atoms with Crippen molar-refractivity contribution in [2.24, 2.45) is 5.73 Å². The van der Waals surface area contributed by atoms with Gasteiger partial charge in [0.2, 0.25) is 0 Å². The lowest BCUT2D eigenvalue weighted by atomic mass is 10.1. The van der Waals surface area contributed by atoms with Gasteiger partial charge in [0.05, 0.1) is 6.16 Å². The SMILES string of the molecule is NCc1ccc(CP(=O)(O)O)cc1. The molecule has 0 aliphatic carbocycles. The molecule has 0 radical (unpaired) electrons. The van der Waals surface area contributed by atoms with Crippen LogP contribution >= 0.6 is 7.60 Å². The maximum absolute atomic E-state index is 10.6.